The Morgan fingerprint density at radius 3 is 2.50 bits per heavy atom. The SMILES string of the molecule is CC(C)(C)NC1CC[N]C1. The van der Waals surface area contributed by atoms with E-state index in [4.69, 9.17) is 0 Å². The van der Waals surface area contributed by atoms with Crippen molar-refractivity contribution in [3.05, 3.63) is 0 Å². The summed E-state index contributed by atoms with van der Waals surface area (Å²) >= 11 is 0. The van der Waals surface area contributed by atoms with Crippen LogP contribution in [0.4, 0.5) is 0 Å². The van der Waals surface area contributed by atoms with Gasteiger partial charge in [-0.25, -0.2) is 5.32 Å². The molecule has 10 heavy (non-hydrogen) atoms. The molecule has 0 aromatic rings. The van der Waals surface area contributed by atoms with E-state index >= 15 is 0 Å². The van der Waals surface area contributed by atoms with Crippen molar-refractivity contribution in [3.63, 3.8) is 0 Å². The van der Waals surface area contributed by atoms with Gasteiger partial charge in [-0.1, -0.05) is 0 Å². The Morgan fingerprint density at radius 1 is 1.40 bits per heavy atom. The van der Waals surface area contributed by atoms with E-state index in [9.17, 15) is 0 Å². The van der Waals surface area contributed by atoms with E-state index in [1.807, 2.05) is 0 Å². The van der Waals surface area contributed by atoms with Crippen molar-refractivity contribution >= 4 is 0 Å². The average Bonchev–Trinajstić information content (AvgIpc) is 2.12. The number of nitrogens with zero attached hydrogens (tertiary/aromatic N) is 1. The molecule has 1 atom stereocenters. The van der Waals surface area contributed by atoms with Gasteiger partial charge in [0.15, 0.2) is 0 Å². The minimum absolute atomic E-state index is 0.254. The van der Waals surface area contributed by atoms with Gasteiger partial charge in [-0.2, -0.15) is 0 Å². The van der Waals surface area contributed by atoms with Gasteiger partial charge < -0.3 is 5.32 Å². The lowest BCUT2D eigenvalue weighted by molar-refractivity contribution is 0.371. The van der Waals surface area contributed by atoms with E-state index < -0.39 is 0 Å². The van der Waals surface area contributed by atoms with E-state index in [1.54, 1.807) is 0 Å². The third kappa shape index (κ3) is 2.67. The van der Waals surface area contributed by atoms with Crippen LogP contribution in [0.3, 0.4) is 0 Å². The van der Waals surface area contributed by atoms with Crippen molar-refractivity contribution in [3.8, 4) is 0 Å². The summed E-state index contributed by atoms with van der Waals surface area (Å²) in [6, 6.07) is 0.639. The van der Waals surface area contributed by atoms with Gasteiger partial charge in [0.2, 0.25) is 0 Å². The number of hydrogen-bond acceptors (Lipinski definition) is 1. The molecule has 0 spiro atoms. The molecule has 1 fully saturated rings. The molecule has 2 nitrogen and oxygen atoms in total. The van der Waals surface area contributed by atoms with Crippen molar-refractivity contribution in [2.24, 2.45) is 0 Å². The molecule has 1 aliphatic rings. The molecule has 1 heterocycles. The molecule has 1 N–H and O–H groups in total. The van der Waals surface area contributed by atoms with Gasteiger partial charge in [-0.05, 0) is 27.2 Å². The minimum Gasteiger partial charge on any atom is -0.308 e. The summed E-state index contributed by atoms with van der Waals surface area (Å²) in [6.45, 7) is 8.66. The second-order valence-electron chi connectivity index (χ2n) is 4.01. The van der Waals surface area contributed by atoms with Gasteiger partial charge in [-0.15, -0.1) is 0 Å². The summed E-state index contributed by atoms with van der Waals surface area (Å²) in [5.74, 6) is 0. The van der Waals surface area contributed by atoms with Crippen LogP contribution in [0.1, 0.15) is 27.2 Å². The average molecular weight is 141 g/mol. The molecule has 1 aliphatic heterocycles. The molecule has 1 unspecified atom stereocenters. The van der Waals surface area contributed by atoms with Crippen LogP contribution in [0, 0.1) is 0 Å². The molecule has 0 aromatic carbocycles. The highest BCUT2D eigenvalue weighted by atomic mass is 15.1. The third-order valence-electron chi connectivity index (χ3n) is 1.62. The van der Waals surface area contributed by atoms with Crippen molar-refractivity contribution in [1.82, 2.24) is 10.6 Å². The molecular weight excluding hydrogens is 124 g/mol. The zero-order valence-electron chi connectivity index (χ0n) is 7.15. The fourth-order valence-corrected chi connectivity index (χ4v) is 1.32. The first-order valence-electron chi connectivity index (χ1n) is 3.99. The molecule has 0 saturated carbocycles. The van der Waals surface area contributed by atoms with E-state index in [0.29, 0.717) is 6.04 Å². The molecule has 0 aromatic heterocycles. The van der Waals surface area contributed by atoms with Gasteiger partial charge >= 0.3 is 0 Å². The predicted octanol–water partition coefficient (Wildman–Crippen LogP) is 0.751. The maximum Gasteiger partial charge on any atom is 0.0288 e. The van der Waals surface area contributed by atoms with Crippen LogP contribution >= 0.6 is 0 Å². The molecule has 0 bridgehead atoms. The zero-order valence-corrected chi connectivity index (χ0v) is 7.15. The van der Waals surface area contributed by atoms with Crippen molar-refractivity contribution in [2.45, 2.75) is 38.8 Å². The van der Waals surface area contributed by atoms with Crippen LogP contribution in [0.25, 0.3) is 0 Å². The molecule has 2 heteroatoms. The fraction of sp³-hybridized carbons (Fsp3) is 1.00. The quantitative estimate of drug-likeness (QED) is 0.573. The van der Waals surface area contributed by atoms with Gasteiger partial charge in [0, 0.05) is 24.7 Å². The minimum atomic E-state index is 0.254. The van der Waals surface area contributed by atoms with E-state index in [1.165, 1.54) is 6.42 Å². The monoisotopic (exact) mass is 141 g/mol. The Balaban J connectivity index is 2.24. The molecule has 1 rings (SSSR count). The molecule has 0 amide bonds. The Labute approximate surface area is 63.4 Å². The molecule has 1 saturated heterocycles. The van der Waals surface area contributed by atoms with Crippen molar-refractivity contribution in [2.75, 3.05) is 13.1 Å². The van der Waals surface area contributed by atoms with E-state index in [0.717, 1.165) is 13.1 Å². The van der Waals surface area contributed by atoms with Gasteiger partial charge in [0.1, 0.15) is 0 Å². The summed E-state index contributed by atoms with van der Waals surface area (Å²) in [5, 5.41) is 7.81. The Bertz CT molecular complexity index is 98.3. The van der Waals surface area contributed by atoms with Crippen molar-refractivity contribution < 1.29 is 0 Å². The second-order valence-corrected chi connectivity index (χ2v) is 4.01. The maximum atomic E-state index is 4.29. The van der Waals surface area contributed by atoms with E-state index in [-0.39, 0.29) is 5.54 Å². The smallest absolute Gasteiger partial charge is 0.0288 e. The highest BCUT2D eigenvalue weighted by Gasteiger charge is 2.20. The van der Waals surface area contributed by atoms with Gasteiger partial charge in [0.25, 0.3) is 0 Å². The maximum absolute atomic E-state index is 4.29. The largest absolute Gasteiger partial charge is 0.308 e. The van der Waals surface area contributed by atoms with Crippen LogP contribution in [-0.4, -0.2) is 24.7 Å². The van der Waals surface area contributed by atoms with Crippen LogP contribution in [0.5, 0.6) is 0 Å². The summed E-state index contributed by atoms with van der Waals surface area (Å²) in [7, 11) is 0. The number of nitrogens with one attached hydrogen (secondary N) is 1. The summed E-state index contributed by atoms with van der Waals surface area (Å²) < 4.78 is 0. The Kier molecular flexibility index (Phi) is 2.32. The Hall–Kier alpha value is -0.0800. The lowest BCUT2D eigenvalue weighted by atomic mass is 10.1. The summed E-state index contributed by atoms with van der Waals surface area (Å²) in [4.78, 5) is 0. The highest BCUT2D eigenvalue weighted by molar-refractivity contribution is 4.83. The predicted molar refractivity (Wildman–Crippen MR) is 43.2 cm³/mol. The molecule has 59 valence electrons. The third-order valence-corrected chi connectivity index (χ3v) is 1.62. The summed E-state index contributed by atoms with van der Waals surface area (Å²) in [5.41, 5.74) is 0.254. The first-order valence-corrected chi connectivity index (χ1v) is 3.99. The van der Waals surface area contributed by atoms with Crippen LogP contribution in [-0.2, 0) is 0 Å². The highest BCUT2D eigenvalue weighted by Crippen LogP contribution is 2.06. The van der Waals surface area contributed by atoms with Crippen molar-refractivity contribution in [1.29, 1.82) is 0 Å². The first kappa shape index (κ1) is 8.02. The number of rotatable bonds is 1. The first-order chi connectivity index (χ1) is 4.58. The fourth-order valence-electron chi connectivity index (χ4n) is 1.32. The summed E-state index contributed by atoms with van der Waals surface area (Å²) in [6.07, 6.45) is 1.22. The molecular formula is C8H17N2. The topological polar surface area (TPSA) is 26.1 Å². The molecule has 1 radical (unpaired) electrons. The van der Waals surface area contributed by atoms with Crippen LogP contribution in [0.2, 0.25) is 0 Å². The normalized spacial score (nSPS) is 27.3. The lowest BCUT2D eigenvalue weighted by Crippen LogP contribution is -2.44. The van der Waals surface area contributed by atoms with Crippen LogP contribution < -0.4 is 10.6 Å². The zero-order chi connectivity index (χ0) is 7.61. The Morgan fingerprint density at radius 2 is 2.10 bits per heavy atom. The van der Waals surface area contributed by atoms with Crippen LogP contribution in [0.15, 0.2) is 0 Å². The van der Waals surface area contributed by atoms with Gasteiger partial charge in [0.05, 0.1) is 0 Å². The second kappa shape index (κ2) is 2.89. The molecule has 0 aliphatic carbocycles. The standard InChI is InChI=1S/C8H17N2/c1-8(2,3)10-7-4-5-9-6-7/h7,10H,4-6H2,1-3H3. The number of hydrogen-bond donors (Lipinski definition) is 1. The lowest BCUT2D eigenvalue weighted by Gasteiger charge is -2.24. The van der Waals surface area contributed by atoms with E-state index in [2.05, 4.69) is 31.4 Å². The van der Waals surface area contributed by atoms with Gasteiger partial charge in [-0.3, -0.25) is 0 Å².